The second kappa shape index (κ2) is 8.26. The minimum Gasteiger partial charge on any atom is -0.508 e. The summed E-state index contributed by atoms with van der Waals surface area (Å²) in [5.41, 5.74) is -2.65. The molecule has 0 aromatic rings. The number of ketones is 3. The molecule has 0 spiro atoms. The highest BCUT2D eigenvalue weighted by atomic mass is 16.3. The minimum absolute atomic E-state index is 0.0623. The van der Waals surface area contributed by atoms with Gasteiger partial charge in [-0.05, 0) is 24.7 Å². The van der Waals surface area contributed by atoms with Crippen molar-refractivity contribution in [3.63, 3.8) is 0 Å². The average Bonchev–Trinajstić information content (AvgIpc) is 2.69. The van der Waals surface area contributed by atoms with Gasteiger partial charge in [0, 0.05) is 12.3 Å². The quantitative estimate of drug-likeness (QED) is 0.621. The Morgan fingerprint density at radius 2 is 1.56 bits per heavy atom. The van der Waals surface area contributed by atoms with E-state index in [9.17, 15) is 24.6 Å². The van der Waals surface area contributed by atoms with E-state index in [1.807, 2.05) is 27.7 Å². The Balaban J connectivity index is 3.30. The Kier molecular flexibility index (Phi) is 7.12. The molecule has 0 aliphatic heterocycles. The molecular formula is C20H32O5. The zero-order valence-electron chi connectivity index (χ0n) is 16.3. The van der Waals surface area contributed by atoms with Gasteiger partial charge >= 0.3 is 0 Å². The molecule has 0 bridgehead atoms. The van der Waals surface area contributed by atoms with Crippen molar-refractivity contribution in [1.82, 2.24) is 0 Å². The van der Waals surface area contributed by atoms with Crippen molar-refractivity contribution < 1.29 is 24.6 Å². The van der Waals surface area contributed by atoms with Gasteiger partial charge in [-0.15, -0.1) is 0 Å². The van der Waals surface area contributed by atoms with Crippen molar-refractivity contribution in [2.45, 2.75) is 72.8 Å². The summed E-state index contributed by atoms with van der Waals surface area (Å²) in [6.07, 6.45) is 1.49. The third kappa shape index (κ3) is 4.38. The highest BCUT2D eigenvalue weighted by Crippen LogP contribution is 2.42. The molecule has 0 aromatic heterocycles. The number of allylic oxidation sites excluding steroid dienone is 1. The van der Waals surface area contributed by atoms with E-state index in [1.54, 1.807) is 13.8 Å². The smallest absolute Gasteiger partial charge is 0.190 e. The van der Waals surface area contributed by atoms with Crippen molar-refractivity contribution in [2.24, 2.45) is 23.7 Å². The Bertz CT molecular complexity index is 571. The normalized spacial score (nSPS) is 24.1. The Morgan fingerprint density at radius 3 is 2.00 bits per heavy atom. The lowest BCUT2D eigenvalue weighted by atomic mass is 9.79. The lowest BCUT2D eigenvalue weighted by molar-refractivity contribution is -0.145. The summed E-state index contributed by atoms with van der Waals surface area (Å²) < 4.78 is 0. The van der Waals surface area contributed by atoms with Crippen molar-refractivity contribution in [3.05, 3.63) is 11.3 Å². The van der Waals surface area contributed by atoms with Gasteiger partial charge < -0.3 is 10.2 Å². The van der Waals surface area contributed by atoms with Crippen molar-refractivity contribution in [2.75, 3.05) is 0 Å². The lowest BCUT2D eigenvalue weighted by Crippen LogP contribution is -2.47. The van der Waals surface area contributed by atoms with E-state index in [-0.39, 0.29) is 30.3 Å². The number of Topliss-reactive ketones (excluding diaryl/α,β-unsaturated/α-hetero) is 3. The molecule has 2 atom stereocenters. The molecule has 142 valence electrons. The second-order valence-electron chi connectivity index (χ2n) is 8.25. The number of aliphatic hydroxyl groups is 2. The van der Waals surface area contributed by atoms with Crippen LogP contribution in [0.15, 0.2) is 11.3 Å². The van der Waals surface area contributed by atoms with E-state index < -0.39 is 40.5 Å². The minimum atomic E-state index is -2.26. The van der Waals surface area contributed by atoms with Crippen LogP contribution in [0, 0.1) is 23.7 Å². The molecule has 5 heteroatoms. The molecule has 25 heavy (non-hydrogen) atoms. The van der Waals surface area contributed by atoms with Crippen LogP contribution in [-0.2, 0) is 14.4 Å². The van der Waals surface area contributed by atoms with E-state index >= 15 is 0 Å². The maximum atomic E-state index is 12.8. The summed E-state index contributed by atoms with van der Waals surface area (Å²) in [5, 5.41) is 21.6. The van der Waals surface area contributed by atoms with E-state index in [0.717, 1.165) is 0 Å². The summed E-state index contributed by atoms with van der Waals surface area (Å²) >= 11 is 0. The molecule has 0 radical (unpaired) electrons. The molecule has 0 amide bonds. The van der Waals surface area contributed by atoms with Crippen molar-refractivity contribution >= 4 is 17.3 Å². The van der Waals surface area contributed by atoms with Gasteiger partial charge in [0.1, 0.15) is 11.3 Å². The van der Waals surface area contributed by atoms with Gasteiger partial charge in [-0.2, -0.15) is 0 Å². The molecule has 1 aliphatic rings. The van der Waals surface area contributed by atoms with Gasteiger partial charge in [0.15, 0.2) is 23.0 Å². The van der Waals surface area contributed by atoms with Crippen LogP contribution in [0.25, 0.3) is 0 Å². The number of hydrogen-bond acceptors (Lipinski definition) is 5. The molecule has 1 unspecified atom stereocenters. The second-order valence-corrected chi connectivity index (χ2v) is 8.25. The summed E-state index contributed by atoms with van der Waals surface area (Å²) in [4.78, 5) is 37.9. The first-order chi connectivity index (χ1) is 11.4. The third-order valence-electron chi connectivity index (χ3n) is 4.84. The molecule has 0 saturated carbocycles. The van der Waals surface area contributed by atoms with Gasteiger partial charge in [-0.1, -0.05) is 48.0 Å². The zero-order valence-corrected chi connectivity index (χ0v) is 16.3. The first-order valence-corrected chi connectivity index (χ1v) is 9.22. The molecule has 0 fully saturated rings. The van der Waals surface area contributed by atoms with Gasteiger partial charge in [-0.25, -0.2) is 0 Å². The molecule has 0 heterocycles. The van der Waals surface area contributed by atoms with Gasteiger partial charge in [0.2, 0.25) is 0 Å². The monoisotopic (exact) mass is 352 g/mol. The lowest BCUT2D eigenvalue weighted by Gasteiger charge is -2.28. The topological polar surface area (TPSA) is 91.7 Å². The Hall–Kier alpha value is -1.49. The largest absolute Gasteiger partial charge is 0.508 e. The predicted molar refractivity (Wildman–Crippen MR) is 96.1 cm³/mol. The maximum absolute atomic E-state index is 12.8. The van der Waals surface area contributed by atoms with Crippen LogP contribution in [-0.4, -0.2) is 33.2 Å². The van der Waals surface area contributed by atoms with Gasteiger partial charge in [0.05, 0.1) is 5.92 Å². The van der Waals surface area contributed by atoms with Crippen molar-refractivity contribution in [1.29, 1.82) is 0 Å². The van der Waals surface area contributed by atoms with E-state index in [4.69, 9.17) is 0 Å². The van der Waals surface area contributed by atoms with Crippen LogP contribution in [0.5, 0.6) is 0 Å². The summed E-state index contributed by atoms with van der Waals surface area (Å²) in [5.74, 6) is -3.49. The molecule has 2 N–H and O–H groups in total. The summed E-state index contributed by atoms with van der Waals surface area (Å²) in [6, 6.07) is 0. The number of carbonyl (C=O) groups is 3. The molecule has 0 aromatic carbocycles. The van der Waals surface area contributed by atoms with Crippen molar-refractivity contribution in [3.8, 4) is 0 Å². The predicted octanol–water partition coefficient (Wildman–Crippen LogP) is 3.40. The fraction of sp³-hybridized carbons (Fsp3) is 0.750. The van der Waals surface area contributed by atoms with Crippen LogP contribution >= 0.6 is 0 Å². The van der Waals surface area contributed by atoms with Crippen LogP contribution < -0.4 is 0 Å². The van der Waals surface area contributed by atoms with E-state index in [0.29, 0.717) is 12.8 Å². The molecule has 1 aliphatic carbocycles. The summed E-state index contributed by atoms with van der Waals surface area (Å²) in [7, 11) is 0. The number of rotatable bonds is 9. The Labute approximate surface area is 150 Å². The highest BCUT2D eigenvalue weighted by Gasteiger charge is 2.58. The first kappa shape index (κ1) is 21.6. The van der Waals surface area contributed by atoms with Gasteiger partial charge in [-0.3, -0.25) is 14.4 Å². The third-order valence-corrected chi connectivity index (χ3v) is 4.84. The molecule has 0 saturated heterocycles. The van der Waals surface area contributed by atoms with E-state index in [2.05, 4.69) is 0 Å². The Morgan fingerprint density at radius 1 is 1.04 bits per heavy atom. The zero-order chi connectivity index (χ0) is 19.5. The highest BCUT2D eigenvalue weighted by molar-refractivity contribution is 6.26. The standard InChI is InChI=1S/C20H32O5/c1-11(2)7-9-14-18(23)16(17(22)13(5)6)19(24)20(14,25)15(21)10-8-12(3)4/h11-14,24-25H,7-10H2,1-6H3/t14-,20?/m1/s1. The molecular weight excluding hydrogens is 320 g/mol. The SMILES string of the molecule is CC(C)CCC(=O)C1(O)C(O)=C(C(=O)C(C)C)C(=O)[C@H]1CCC(C)C. The van der Waals surface area contributed by atoms with Crippen LogP contribution in [0.3, 0.4) is 0 Å². The van der Waals surface area contributed by atoms with Gasteiger partial charge in [0.25, 0.3) is 0 Å². The number of aliphatic hydroxyl groups excluding tert-OH is 1. The first-order valence-electron chi connectivity index (χ1n) is 9.22. The summed E-state index contributed by atoms with van der Waals surface area (Å²) in [6.45, 7) is 11.1. The van der Waals surface area contributed by atoms with Crippen LogP contribution in [0.1, 0.15) is 67.2 Å². The molecule has 1 rings (SSSR count). The average molecular weight is 352 g/mol. The van der Waals surface area contributed by atoms with Crippen LogP contribution in [0.4, 0.5) is 0 Å². The maximum Gasteiger partial charge on any atom is 0.190 e. The van der Waals surface area contributed by atoms with Crippen LogP contribution in [0.2, 0.25) is 0 Å². The number of hydrogen-bond donors (Lipinski definition) is 2. The fourth-order valence-corrected chi connectivity index (χ4v) is 3.14. The number of carbonyl (C=O) groups excluding carboxylic acids is 3. The van der Waals surface area contributed by atoms with E-state index in [1.165, 1.54) is 0 Å². The fourth-order valence-electron chi connectivity index (χ4n) is 3.14. The molecule has 5 nitrogen and oxygen atoms in total.